The van der Waals surface area contributed by atoms with Gasteiger partial charge in [-0.2, -0.15) is 0 Å². The summed E-state index contributed by atoms with van der Waals surface area (Å²) in [5.74, 6) is 0.916. The van der Waals surface area contributed by atoms with Crippen molar-refractivity contribution in [3.8, 4) is 5.75 Å². The summed E-state index contributed by atoms with van der Waals surface area (Å²) in [6.45, 7) is 9.09. The standard InChI is InChI=1S/C19H27N3O5S/c1-12(2)16-6-8-17(9-7-16)26-15(5)19(23)20-10-11-21-28(24,25)18-13(3)22-27-14(18)4/h6-9,12,15,21H,10-11H2,1-5H3,(H,20,23). The predicted octanol–water partition coefficient (Wildman–Crippen LogP) is 2.28. The Morgan fingerprint density at radius 2 is 1.79 bits per heavy atom. The third kappa shape index (κ3) is 5.56. The summed E-state index contributed by atoms with van der Waals surface area (Å²) >= 11 is 0. The molecule has 0 radical (unpaired) electrons. The zero-order chi connectivity index (χ0) is 20.9. The Hall–Kier alpha value is -2.39. The van der Waals surface area contributed by atoms with E-state index in [-0.39, 0.29) is 29.7 Å². The lowest BCUT2D eigenvalue weighted by Gasteiger charge is -2.15. The van der Waals surface area contributed by atoms with E-state index in [0.29, 0.717) is 17.4 Å². The lowest BCUT2D eigenvalue weighted by molar-refractivity contribution is -0.127. The van der Waals surface area contributed by atoms with Crippen LogP contribution in [0, 0.1) is 13.8 Å². The molecule has 9 heteroatoms. The SMILES string of the molecule is Cc1noc(C)c1S(=O)(=O)NCCNC(=O)C(C)Oc1ccc(C(C)C)cc1. The van der Waals surface area contributed by atoms with Crippen LogP contribution < -0.4 is 14.8 Å². The molecule has 0 spiro atoms. The summed E-state index contributed by atoms with van der Waals surface area (Å²) in [5.41, 5.74) is 1.48. The van der Waals surface area contributed by atoms with Gasteiger partial charge in [0.2, 0.25) is 10.0 Å². The van der Waals surface area contributed by atoms with E-state index >= 15 is 0 Å². The van der Waals surface area contributed by atoms with Gasteiger partial charge in [-0.25, -0.2) is 13.1 Å². The Morgan fingerprint density at radius 3 is 2.32 bits per heavy atom. The Kier molecular flexibility index (Phi) is 7.20. The molecule has 0 aliphatic rings. The number of nitrogens with one attached hydrogen (secondary N) is 2. The van der Waals surface area contributed by atoms with E-state index in [4.69, 9.17) is 9.26 Å². The van der Waals surface area contributed by atoms with E-state index < -0.39 is 16.1 Å². The summed E-state index contributed by atoms with van der Waals surface area (Å²) < 4.78 is 37.5. The topological polar surface area (TPSA) is 111 Å². The molecule has 0 aliphatic carbocycles. The number of aromatic nitrogens is 1. The van der Waals surface area contributed by atoms with Crippen LogP contribution in [0.1, 0.15) is 43.7 Å². The highest BCUT2D eigenvalue weighted by atomic mass is 32.2. The Morgan fingerprint density at radius 1 is 1.14 bits per heavy atom. The first kappa shape index (κ1) is 21.9. The second kappa shape index (κ2) is 9.20. The Labute approximate surface area is 165 Å². The highest BCUT2D eigenvalue weighted by Gasteiger charge is 2.23. The van der Waals surface area contributed by atoms with Crippen molar-refractivity contribution in [3.05, 3.63) is 41.3 Å². The maximum absolute atomic E-state index is 12.3. The summed E-state index contributed by atoms with van der Waals surface area (Å²) in [5, 5.41) is 6.29. The molecule has 2 aromatic rings. The molecular formula is C19H27N3O5S. The van der Waals surface area contributed by atoms with Gasteiger partial charge in [0.05, 0.1) is 0 Å². The number of hydrogen-bond donors (Lipinski definition) is 2. The molecule has 0 saturated heterocycles. The fourth-order valence-corrected chi connectivity index (χ4v) is 3.99. The van der Waals surface area contributed by atoms with Crippen molar-refractivity contribution in [1.29, 1.82) is 0 Å². The van der Waals surface area contributed by atoms with Crippen LogP contribution in [0.15, 0.2) is 33.7 Å². The number of carbonyl (C=O) groups is 1. The van der Waals surface area contributed by atoms with E-state index in [0.717, 1.165) is 0 Å². The molecule has 0 saturated carbocycles. The number of nitrogens with zero attached hydrogens (tertiary/aromatic N) is 1. The second-order valence-electron chi connectivity index (χ2n) is 6.83. The van der Waals surface area contributed by atoms with Crippen LogP contribution in [0.3, 0.4) is 0 Å². The monoisotopic (exact) mass is 409 g/mol. The van der Waals surface area contributed by atoms with Gasteiger partial charge in [-0.15, -0.1) is 0 Å². The van der Waals surface area contributed by atoms with Crippen LogP contribution in [0.25, 0.3) is 0 Å². The number of carbonyl (C=O) groups excluding carboxylic acids is 1. The maximum Gasteiger partial charge on any atom is 0.260 e. The molecule has 154 valence electrons. The van der Waals surface area contributed by atoms with Crippen molar-refractivity contribution in [3.63, 3.8) is 0 Å². The molecule has 0 bridgehead atoms. The van der Waals surface area contributed by atoms with Crippen molar-refractivity contribution >= 4 is 15.9 Å². The summed E-state index contributed by atoms with van der Waals surface area (Å²) in [6.07, 6.45) is -0.705. The van der Waals surface area contributed by atoms with Gasteiger partial charge in [0.15, 0.2) is 11.9 Å². The largest absolute Gasteiger partial charge is 0.481 e. The lowest BCUT2D eigenvalue weighted by Crippen LogP contribution is -2.40. The molecular weight excluding hydrogens is 382 g/mol. The normalized spacial score (nSPS) is 12.8. The third-order valence-corrected chi connectivity index (χ3v) is 5.89. The Balaban J connectivity index is 1.80. The Bertz CT molecular complexity index is 885. The number of amides is 1. The average Bonchev–Trinajstić information content (AvgIpc) is 2.98. The van der Waals surface area contributed by atoms with Crippen molar-refractivity contribution in [1.82, 2.24) is 15.2 Å². The minimum absolute atomic E-state index is 0.0281. The number of ether oxygens (including phenoxy) is 1. The second-order valence-corrected chi connectivity index (χ2v) is 8.53. The number of rotatable bonds is 9. The fourth-order valence-electron chi connectivity index (χ4n) is 2.63. The molecule has 1 amide bonds. The van der Waals surface area contributed by atoms with Crippen molar-refractivity contribution in [2.75, 3.05) is 13.1 Å². The van der Waals surface area contributed by atoms with E-state index in [1.54, 1.807) is 13.8 Å². The van der Waals surface area contributed by atoms with Gasteiger partial charge in [0.1, 0.15) is 16.3 Å². The van der Waals surface area contributed by atoms with E-state index in [9.17, 15) is 13.2 Å². The fraction of sp³-hybridized carbons (Fsp3) is 0.474. The first-order chi connectivity index (χ1) is 13.1. The first-order valence-corrected chi connectivity index (χ1v) is 10.6. The molecule has 0 aliphatic heterocycles. The van der Waals surface area contributed by atoms with Gasteiger partial charge >= 0.3 is 0 Å². The highest BCUT2D eigenvalue weighted by molar-refractivity contribution is 7.89. The average molecular weight is 410 g/mol. The minimum atomic E-state index is -3.75. The minimum Gasteiger partial charge on any atom is -0.481 e. The van der Waals surface area contributed by atoms with Gasteiger partial charge in [-0.3, -0.25) is 4.79 Å². The lowest BCUT2D eigenvalue weighted by atomic mass is 10.0. The van der Waals surface area contributed by atoms with E-state index in [2.05, 4.69) is 29.0 Å². The highest BCUT2D eigenvalue weighted by Crippen LogP contribution is 2.20. The van der Waals surface area contributed by atoms with Gasteiger partial charge in [-0.1, -0.05) is 31.1 Å². The van der Waals surface area contributed by atoms with Crippen molar-refractivity contribution in [2.24, 2.45) is 0 Å². The van der Waals surface area contributed by atoms with Crippen LogP contribution in [0.4, 0.5) is 0 Å². The van der Waals surface area contributed by atoms with Crippen LogP contribution in [-0.2, 0) is 14.8 Å². The maximum atomic E-state index is 12.3. The summed E-state index contributed by atoms with van der Waals surface area (Å²) in [4.78, 5) is 12.2. The van der Waals surface area contributed by atoms with Gasteiger partial charge in [0, 0.05) is 13.1 Å². The molecule has 2 N–H and O–H groups in total. The third-order valence-electron chi connectivity index (χ3n) is 4.18. The van der Waals surface area contributed by atoms with Crippen molar-refractivity contribution < 1.29 is 22.5 Å². The molecule has 1 atom stereocenters. The number of hydrogen-bond acceptors (Lipinski definition) is 6. The van der Waals surface area contributed by atoms with Gasteiger partial charge in [-0.05, 0) is 44.4 Å². The van der Waals surface area contributed by atoms with E-state index in [1.807, 2.05) is 24.3 Å². The van der Waals surface area contributed by atoms with Gasteiger partial charge in [0.25, 0.3) is 5.91 Å². The molecule has 2 rings (SSSR count). The number of sulfonamides is 1. The predicted molar refractivity (Wildman–Crippen MR) is 105 cm³/mol. The summed E-state index contributed by atoms with van der Waals surface area (Å²) in [6, 6.07) is 7.59. The molecule has 1 unspecified atom stereocenters. The van der Waals surface area contributed by atoms with Crippen LogP contribution in [0.5, 0.6) is 5.75 Å². The smallest absolute Gasteiger partial charge is 0.260 e. The number of benzene rings is 1. The van der Waals surface area contributed by atoms with E-state index in [1.165, 1.54) is 12.5 Å². The van der Waals surface area contributed by atoms with Crippen LogP contribution >= 0.6 is 0 Å². The van der Waals surface area contributed by atoms with Crippen molar-refractivity contribution in [2.45, 2.75) is 51.5 Å². The zero-order valence-corrected chi connectivity index (χ0v) is 17.6. The quantitative estimate of drug-likeness (QED) is 0.615. The zero-order valence-electron chi connectivity index (χ0n) is 16.8. The van der Waals surface area contributed by atoms with Crippen LogP contribution in [-0.4, -0.2) is 38.7 Å². The van der Waals surface area contributed by atoms with Crippen LogP contribution in [0.2, 0.25) is 0 Å². The first-order valence-electron chi connectivity index (χ1n) is 9.08. The molecule has 1 aromatic heterocycles. The molecule has 1 aromatic carbocycles. The van der Waals surface area contributed by atoms with Gasteiger partial charge < -0.3 is 14.6 Å². The number of aryl methyl sites for hydroxylation is 2. The molecule has 0 fully saturated rings. The molecule has 28 heavy (non-hydrogen) atoms. The molecule has 1 heterocycles. The summed E-state index contributed by atoms with van der Waals surface area (Å²) in [7, 11) is -3.75. The molecule has 8 nitrogen and oxygen atoms in total.